The molecule has 2 aromatic carbocycles. The molecule has 8 nitrogen and oxygen atoms in total. The fourth-order valence-corrected chi connectivity index (χ4v) is 2.44. The van der Waals surface area contributed by atoms with E-state index in [0.717, 1.165) is 0 Å². The van der Waals surface area contributed by atoms with Crippen molar-refractivity contribution in [1.29, 1.82) is 0 Å². The number of carboxylic acid groups (broad SMARTS) is 2. The Hall–Kier alpha value is -3.65. The van der Waals surface area contributed by atoms with Crippen molar-refractivity contribution in [2.75, 3.05) is 5.73 Å². The molecule has 0 spiro atoms. The van der Waals surface area contributed by atoms with Crippen LogP contribution in [0, 0.1) is 0 Å². The first-order valence-electron chi connectivity index (χ1n) is 7.00. The summed E-state index contributed by atoms with van der Waals surface area (Å²) in [6, 6.07) is 15.2. The number of nitrogens with zero attached hydrogens (tertiary/aromatic N) is 2. The number of carbonyl (C=O) groups is 2. The van der Waals surface area contributed by atoms with Crippen LogP contribution in [0.25, 0.3) is 16.9 Å². The lowest BCUT2D eigenvalue weighted by atomic mass is 10.1. The van der Waals surface area contributed by atoms with Crippen molar-refractivity contribution in [3.05, 3.63) is 65.9 Å². The molecule has 0 bridgehead atoms. The molecule has 0 saturated carbocycles. The minimum absolute atomic E-state index is 0. The minimum atomic E-state index is -1.40. The molecule has 0 aliphatic heterocycles. The van der Waals surface area contributed by atoms with Gasteiger partial charge in [-0.05, 0) is 24.3 Å². The standard InChI is InChI=1S/C17H13N3O4.H3N/c18-11-6-8-12(9-7-11)20-15(10-4-2-1-3-5-10)13(16(21)22)14(19-20)17(23)24;/h1-9H,18H2,(H,21,22)(H,23,24);1H3. The van der Waals surface area contributed by atoms with E-state index in [9.17, 15) is 19.8 Å². The van der Waals surface area contributed by atoms with Crippen molar-refractivity contribution >= 4 is 17.6 Å². The summed E-state index contributed by atoms with van der Waals surface area (Å²) in [5.41, 5.74) is 6.59. The molecule has 0 amide bonds. The molecule has 0 aliphatic carbocycles. The number of benzene rings is 2. The number of aromatic carboxylic acids is 2. The third kappa shape index (κ3) is 3.19. The van der Waals surface area contributed by atoms with Crippen LogP contribution in [0.1, 0.15) is 20.8 Å². The number of hydrogen-bond donors (Lipinski definition) is 4. The Morgan fingerprint density at radius 3 is 2.04 bits per heavy atom. The van der Waals surface area contributed by atoms with Crippen LogP contribution in [0.15, 0.2) is 54.6 Å². The lowest BCUT2D eigenvalue weighted by Gasteiger charge is -2.09. The summed E-state index contributed by atoms with van der Waals surface area (Å²) in [5.74, 6) is -2.76. The van der Waals surface area contributed by atoms with E-state index in [1.54, 1.807) is 54.6 Å². The van der Waals surface area contributed by atoms with Gasteiger partial charge in [0.2, 0.25) is 0 Å². The van der Waals surface area contributed by atoms with Crippen LogP contribution in [-0.4, -0.2) is 31.9 Å². The molecule has 0 saturated heterocycles. The van der Waals surface area contributed by atoms with Gasteiger partial charge >= 0.3 is 11.9 Å². The highest BCUT2D eigenvalue weighted by Gasteiger charge is 2.29. The lowest BCUT2D eigenvalue weighted by molar-refractivity contribution is 0.0648. The van der Waals surface area contributed by atoms with Crippen molar-refractivity contribution in [1.82, 2.24) is 15.9 Å². The molecule has 1 heterocycles. The third-order valence-corrected chi connectivity index (χ3v) is 3.49. The molecule has 3 aromatic rings. The maximum atomic E-state index is 11.7. The lowest BCUT2D eigenvalue weighted by Crippen LogP contribution is -2.07. The van der Waals surface area contributed by atoms with Gasteiger partial charge < -0.3 is 22.1 Å². The summed E-state index contributed by atoms with van der Waals surface area (Å²) in [7, 11) is 0. The molecular formula is C17H16N4O4. The van der Waals surface area contributed by atoms with Crippen molar-refractivity contribution < 1.29 is 19.8 Å². The number of nitrogen functional groups attached to an aromatic ring is 1. The Labute approximate surface area is 142 Å². The fraction of sp³-hybridized carbons (Fsp3) is 0. The van der Waals surface area contributed by atoms with Gasteiger partial charge in [0.15, 0.2) is 5.69 Å². The fourth-order valence-electron chi connectivity index (χ4n) is 2.44. The van der Waals surface area contributed by atoms with Crippen LogP contribution in [0.4, 0.5) is 5.69 Å². The highest BCUT2D eigenvalue weighted by molar-refractivity contribution is 6.05. The van der Waals surface area contributed by atoms with E-state index >= 15 is 0 Å². The van der Waals surface area contributed by atoms with Gasteiger partial charge in [0.25, 0.3) is 0 Å². The largest absolute Gasteiger partial charge is 0.478 e. The van der Waals surface area contributed by atoms with Gasteiger partial charge in [-0.15, -0.1) is 0 Å². The first-order chi connectivity index (χ1) is 11.5. The zero-order chi connectivity index (χ0) is 17.3. The van der Waals surface area contributed by atoms with Crippen LogP contribution >= 0.6 is 0 Å². The normalized spacial score (nSPS) is 10.1. The number of aromatic nitrogens is 2. The molecule has 7 N–H and O–H groups in total. The molecule has 0 atom stereocenters. The zero-order valence-electron chi connectivity index (χ0n) is 13.1. The number of rotatable bonds is 4. The molecule has 128 valence electrons. The van der Waals surface area contributed by atoms with E-state index in [1.165, 1.54) is 4.68 Å². The van der Waals surface area contributed by atoms with Gasteiger partial charge in [-0.1, -0.05) is 30.3 Å². The summed E-state index contributed by atoms with van der Waals surface area (Å²) < 4.78 is 1.31. The summed E-state index contributed by atoms with van der Waals surface area (Å²) in [6.07, 6.45) is 0. The Morgan fingerprint density at radius 1 is 0.920 bits per heavy atom. The first-order valence-corrected chi connectivity index (χ1v) is 7.00. The molecule has 1 aromatic heterocycles. The van der Waals surface area contributed by atoms with Crippen LogP contribution in [-0.2, 0) is 0 Å². The molecule has 8 heteroatoms. The molecule has 0 radical (unpaired) electrons. The summed E-state index contributed by atoms with van der Waals surface area (Å²) in [5, 5.41) is 22.9. The second-order valence-corrected chi connectivity index (χ2v) is 5.05. The average molecular weight is 340 g/mol. The van der Waals surface area contributed by atoms with Crippen molar-refractivity contribution in [3.8, 4) is 16.9 Å². The van der Waals surface area contributed by atoms with Crippen LogP contribution < -0.4 is 11.9 Å². The Balaban J connectivity index is 0.00000225. The maximum Gasteiger partial charge on any atom is 0.357 e. The number of nitrogens with two attached hydrogens (primary N) is 1. The summed E-state index contributed by atoms with van der Waals surface area (Å²) >= 11 is 0. The van der Waals surface area contributed by atoms with E-state index in [-0.39, 0.29) is 17.4 Å². The topological polar surface area (TPSA) is 153 Å². The van der Waals surface area contributed by atoms with E-state index in [1.807, 2.05) is 0 Å². The molecule has 0 unspecified atom stereocenters. The summed E-state index contributed by atoms with van der Waals surface area (Å²) in [6.45, 7) is 0. The van der Waals surface area contributed by atoms with Crippen molar-refractivity contribution in [3.63, 3.8) is 0 Å². The van der Waals surface area contributed by atoms with Crippen molar-refractivity contribution in [2.45, 2.75) is 0 Å². The molecular weight excluding hydrogens is 324 g/mol. The summed E-state index contributed by atoms with van der Waals surface area (Å²) in [4.78, 5) is 23.1. The monoisotopic (exact) mass is 340 g/mol. The molecule has 25 heavy (non-hydrogen) atoms. The molecule has 0 fully saturated rings. The number of carboxylic acids is 2. The minimum Gasteiger partial charge on any atom is -0.478 e. The van der Waals surface area contributed by atoms with E-state index in [4.69, 9.17) is 5.73 Å². The van der Waals surface area contributed by atoms with Crippen LogP contribution in [0.5, 0.6) is 0 Å². The number of anilines is 1. The zero-order valence-corrected chi connectivity index (χ0v) is 13.1. The van der Waals surface area contributed by atoms with Crippen LogP contribution in [0.3, 0.4) is 0 Å². The molecule has 0 aliphatic rings. The SMILES string of the molecule is N.Nc1ccc(-n2nc(C(=O)O)c(C(=O)O)c2-c2ccccc2)cc1. The second-order valence-electron chi connectivity index (χ2n) is 5.05. The van der Waals surface area contributed by atoms with E-state index < -0.39 is 17.6 Å². The van der Waals surface area contributed by atoms with Gasteiger partial charge in [-0.3, -0.25) is 0 Å². The van der Waals surface area contributed by atoms with Gasteiger partial charge in [0, 0.05) is 11.3 Å². The van der Waals surface area contributed by atoms with E-state index in [2.05, 4.69) is 5.10 Å². The van der Waals surface area contributed by atoms with Crippen molar-refractivity contribution in [2.24, 2.45) is 0 Å². The van der Waals surface area contributed by atoms with Gasteiger partial charge in [-0.25, -0.2) is 14.3 Å². The van der Waals surface area contributed by atoms with E-state index in [0.29, 0.717) is 16.9 Å². The highest BCUT2D eigenvalue weighted by atomic mass is 16.4. The number of hydrogen-bond acceptors (Lipinski definition) is 5. The third-order valence-electron chi connectivity index (χ3n) is 3.49. The maximum absolute atomic E-state index is 11.7. The predicted octanol–water partition coefficient (Wildman–Crippen LogP) is 2.68. The smallest absolute Gasteiger partial charge is 0.357 e. The van der Waals surface area contributed by atoms with Crippen LogP contribution in [0.2, 0.25) is 0 Å². The second kappa shape index (κ2) is 6.85. The Kier molecular flexibility index (Phi) is 4.85. The average Bonchev–Trinajstić information content (AvgIpc) is 2.97. The van der Waals surface area contributed by atoms with Gasteiger partial charge in [0.05, 0.1) is 11.4 Å². The highest BCUT2D eigenvalue weighted by Crippen LogP contribution is 2.29. The Morgan fingerprint density at radius 2 is 1.52 bits per heavy atom. The predicted molar refractivity (Wildman–Crippen MR) is 92.4 cm³/mol. The van der Waals surface area contributed by atoms with Gasteiger partial charge in [-0.2, -0.15) is 5.10 Å². The molecule has 3 rings (SSSR count). The first kappa shape index (κ1) is 17.7. The van der Waals surface area contributed by atoms with Gasteiger partial charge in [0.1, 0.15) is 5.56 Å². The quantitative estimate of drug-likeness (QED) is 0.532. The Bertz CT molecular complexity index is 918.